The van der Waals surface area contributed by atoms with Gasteiger partial charge in [0, 0.05) is 47.8 Å². The largest absolute Gasteiger partial charge is 0.478 e. The predicted molar refractivity (Wildman–Crippen MR) is 143 cm³/mol. The average Bonchev–Trinajstić information content (AvgIpc) is 3.47. The summed E-state index contributed by atoms with van der Waals surface area (Å²) in [7, 11) is -3.03. The zero-order valence-electron chi connectivity index (χ0n) is 22.1. The van der Waals surface area contributed by atoms with Gasteiger partial charge in [0.05, 0.1) is 24.9 Å². The fourth-order valence-electron chi connectivity index (χ4n) is 5.32. The first-order valence-electron chi connectivity index (χ1n) is 13.0. The van der Waals surface area contributed by atoms with E-state index < -0.39 is 9.84 Å². The first kappa shape index (κ1) is 27.1. The third-order valence-electron chi connectivity index (χ3n) is 7.27. The Balaban J connectivity index is 1.22. The Morgan fingerprint density at radius 3 is 2.62 bits per heavy atom. The maximum atomic E-state index is 14.6. The Morgan fingerprint density at radius 1 is 1.10 bits per heavy atom. The number of esters is 1. The number of aromatic nitrogens is 2. The lowest BCUT2D eigenvalue weighted by molar-refractivity contribution is -0.145. The summed E-state index contributed by atoms with van der Waals surface area (Å²) in [6.45, 7) is 4.37. The zero-order chi connectivity index (χ0) is 27.7. The summed E-state index contributed by atoms with van der Waals surface area (Å²) in [5.41, 5.74) is 5.08. The van der Waals surface area contributed by atoms with Gasteiger partial charge < -0.3 is 14.2 Å². The third-order valence-corrected chi connectivity index (χ3v) is 8.30. The van der Waals surface area contributed by atoms with Gasteiger partial charge in [-0.05, 0) is 67.0 Å². The summed E-state index contributed by atoms with van der Waals surface area (Å²) in [5, 5.41) is 0. The molecule has 0 radical (unpaired) electrons. The molecule has 2 aliphatic rings. The van der Waals surface area contributed by atoms with Gasteiger partial charge in [-0.15, -0.1) is 0 Å². The molecule has 39 heavy (non-hydrogen) atoms. The summed E-state index contributed by atoms with van der Waals surface area (Å²) in [6, 6.07) is 8.49. The minimum Gasteiger partial charge on any atom is -0.478 e. The molecule has 0 unspecified atom stereocenters. The highest BCUT2D eigenvalue weighted by atomic mass is 32.2. The van der Waals surface area contributed by atoms with Gasteiger partial charge in [-0.1, -0.05) is 6.07 Å². The van der Waals surface area contributed by atoms with Crippen LogP contribution in [0, 0.1) is 24.6 Å². The van der Waals surface area contributed by atoms with Crippen LogP contribution < -0.4 is 9.47 Å². The molecule has 3 aromatic rings. The standard InChI is InChI=1S/C29H31FN2O6S/c1-4-36-29(33)28-21-12-19-13-26(32-15-23(19)27(21)28)38-16-20-11-18(6-7-24(20)30)22-14-31-25(10-17(22)2)37-8-5-9-39(3,34)35/h6-7,10-11,13-15,21,27-28H,4-5,8-9,12,16H2,1-3H3/t21-,27-,28+/m1/s1. The van der Waals surface area contributed by atoms with Crippen LogP contribution in [0.3, 0.4) is 0 Å². The van der Waals surface area contributed by atoms with Crippen LogP contribution in [-0.4, -0.2) is 49.6 Å². The molecular weight excluding hydrogens is 523 g/mol. The van der Waals surface area contributed by atoms with E-state index in [9.17, 15) is 17.6 Å². The number of benzene rings is 1. The fraction of sp³-hybridized carbons (Fsp3) is 0.414. The molecule has 206 valence electrons. The molecule has 0 bridgehead atoms. The summed E-state index contributed by atoms with van der Waals surface area (Å²) in [4.78, 5) is 20.8. The molecule has 1 aromatic carbocycles. The highest BCUT2D eigenvalue weighted by Crippen LogP contribution is 2.61. The van der Waals surface area contributed by atoms with E-state index in [-0.39, 0.29) is 48.5 Å². The number of hydrogen-bond donors (Lipinski definition) is 0. The number of aryl methyl sites for hydroxylation is 1. The molecular formula is C29H31FN2O6S. The van der Waals surface area contributed by atoms with E-state index >= 15 is 0 Å². The minimum absolute atomic E-state index is 0.0117. The van der Waals surface area contributed by atoms with E-state index in [2.05, 4.69) is 9.97 Å². The highest BCUT2D eigenvalue weighted by Gasteiger charge is 2.60. The van der Waals surface area contributed by atoms with Crippen molar-refractivity contribution in [2.24, 2.45) is 11.8 Å². The molecule has 2 aliphatic carbocycles. The third kappa shape index (κ3) is 6.06. The van der Waals surface area contributed by atoms with Crippen molar-refractivity contribution in [3.8, 4) is 22.9 Å². The van der Waals surface area contributed by atoms with Gasteiger partial charge in [-0.2, -0.15) is 0 Å². The van der Waals surface area contributed by atoms with Crippen LogP contribution >= 0.6 is 0 Å². The summed E-state index contributed by atoms with van der Waals surface area (Å²) >= 11 is 0. The Morgan fingerprint density at radius 2 is 1.87 bits per heavy atom. The van der Waals surface area contributed by atoms with Crippen LogP contribution in [0.1, 0.15) is 41.5 Å². The number of ether oxygens (including phenoxy) is 3. The number of fused-ring (bicyclic) bond motifs is 3. The molecule has 10 heteroatoms. The molecule has 2 heterocycles. The quantitative estimate of drug-likeness (QED) is 0.253. The van der Waals surface area contributed by atoms with Gasteiger partial charge in [-0.3, -0.25) is 4.79 Å². The van der Waals surface area contributed by atoms with Crippen molar-refractivity contribution in [2.45, 2.75) is 39.2 Å². The van der Waals surface area contributed by atoms with Crippen LogP contribution in [0.4, 0.5) is 4.39 Å². The number of sulfone groups is 1. The molecule has 0 aliphatic heterocycles. The lowest BCUT2D eigenvalue weighted by Crippen LogP contribution is -2.11. The molecule has 0 amide bonds. The lowest BCUT2D eigenvalue weighted by Gasteiger charge is -2.13. The van der Waals surface area contributed by atoms with E-state index in [0.717, 1.165) is 34.2 Å². The second-order valence-electron chi connectivity index (χ2n) is 10.2. The van der Waals surface area contributed by atoms with Crippen molar-refractivity contribution in [1.29, 1.82) is 0 Å². The first-order valence-corrected chi connectivity index (χ1v) is 15.0. The highest BCUT2D eigenvalue weighted by molar-refractivity contribution is 7.90. The molecule has 0 saturated heterocycles. The lowest BCUT2D eigenvalue weighted by atomic mass is 10.0. The number of nitrogens with zero attached hydrogens (tertiary/aromatic N) is 2. The molecule has 8 nitrogen and oxygen atoms in total. The number of carbonyl (C=O) groups excluding carboxylic acids is 1. The van der Waals surface area contributed by atoms with Gasteiger partial charge in [-0.25, -0.2) is 22.8 Å². The number of hydrogen-bond acceptors (Lipinski definition) is 8. The Labute approximate surface area is 227 Å². The van der Waals surface area contributed by atoms with Crippen molar-refractivity contribution in [2.75, 3.05) is 25.2 Å². The Hall–Kier alpha value is -3.53. The van der Waals surface area contributed by atoms with Gasteiger partial charge in [0.2, 0.25) is 11.8 Å². The van der Waals surface area contributed by atoms with Crippen LogP contribution in [0.15, 0.2) is 42.7 Å². The van der Waals surface area contributed by atoms with Crippen LogP contribution in [0.25, 0.3) is 11.1 Å². The maximum absolute atomic E-state index is 14.6. The summed E-state index contributed by atoms with van der Waals surface area (Å²) in [6.07, 6.45) is 5.80. The average molecular weight is 555 g/mol. The molecule has 1 fully saturated rings. The smallest absolute Gasteiger partial charge is 0.309 e. The van der Waals surface area contributed by atoms with Crippen molar-refractivity contribution in [3.63, 3.8) is 0 Å². The second-order valence-corrected chi connectivity index (χ2v) is 12.4. The van der Waals surface area contributed by atoms with Gasteiger partial charge >= 0.3 is 5.97 Å². The first-order chi connectivity index (χ1) is 18.6. The van der Waals surface area contributed by atoms with Gasteiger partial charge in [0.25, 0.3) is 0 Å². The number of carbonyl (C=O) groups is 1. The number of pyridine rings is 2. The van der Waals surface area contributed by atoms with Crippen LogP contribution in [0.5, 0.6) is 11.8 Å². The van der Waals surface area contributed by atoms with E-state index in [1.54, 1.807) is 30.6 Å². The maximum Gasteiger partial charge on any atom is 0.309 e. The number of rotatable bonds is 11. The molecule has 2 aromatic heterocycles. The summed E-state index contributed by atoms with van der Waals surface area (Å²) in [5.74, 6) is 0.749. The normalized spacial score (nSPS) is 19.2. The van der Waals surface area contributed by atoms with Crippen molar-refractivity contribution < 1.29 is 31.8 Å². The van der Waals surface area contributed by atoms with Crippen molar-refractivity contribution in [1.82, 2.24) is 9.97 Å². The van der Waals surface area contributed by atoms with E-state index in [4.69, 9.17) is 14.2 Å². The topological polar surface area (TPSA) is 105 Å². The molecule has 1 saturated carbocycles. The van der Waals surface area contributed by atoms with Crippen LogP contribution in [0.2, 0.25) is 0 Å². The SMILES string of the molecule is CCOC(=O)[C@H]1[C@@H]2Cc3cc(OCc4cc(-c5cnc(OCCCS(C)(=O)=O)cc5C)ccc4F)ncc3[C@@H]21. The van der Waals surface area contributed by atoms with Crippen LogP contribution in [-0.2, 0) is 32.4 Å². The second kappa shape index (κ2) is 10.9. The van der Waals surface area contributed by atoms with Crippen molar-refractivity contribution in [3.05, 3.63) is 70.8 Å². The zero-order valence-corrected chi connectivity index (χ0v) is 23.0. The van der Waals surface area contributed by atoms with Gasteiger partial charge in [0.15, 0.2) is 0 Å². The van der Waals surface area contributed by atoms with Crippen molar-refractivity contribution >= 4 is 15.8 Å². The molecule has 5 rings (SSSR count). The summed E-state index contributed by atoms with van der Waals surface area (Å²) < 4.78 is 53.8. The molecule has 3 atom stereocenters. The minimum atomic E-state index is -3.03. The Bertz CT molecular complexity index is 1510. The van der Waals surface area contributed by atoms with E-state index in [0.29, 0.717) is 30.4 Å². The van der Waals surface area contributed by atoms with E-state index in [1.165, 1.54) is 12.3 Å². The predicted octanol–water partition coefficient (Wildman–Crippen LogP) is 4.43. The van der Waals surface area contributed by atoms with Gasteiger partial charge in [0.1, 0.15) is 22.3 Å². The monoisotopic (exact) mass is 554 g/mol. The Kier molecular flexibility index (Phi) is 7.57. The fourth-order valence-corrected chi connectivity index (χ4v) is 5.96. The molecule has 0 spiro atoms. The number of halogens is 1. The molecule has 0 N–H and O–H groups in total. The van der Waals surface area contributed by atoms with E-state index in [1.807, 2.05) is 19.9 Å².